The Balaban J connectivity index is 2.01. The number of nitrogens with zero attached hydrogens (tertiary/aromatic N) is 2. The highest BCUT2D eigenvalue weighted by molar-refractivity contribution is 7.99. The monoisotopic (exact) mass is 228 g/mol. The second kappa shape index (κ2) is 4.14. The Kier molecular flexibility index (Phi) is 3.02. The topological polar surface area (TPSA) is 40.6 Å². The summed E-state index contributed by atoms with van der Waals surface area (Å²) in [4.78, 5) is 27.2. The van der Waals surface area contributed by atoms with Crippen LogP contribution in [0.25, 0.3) is 0 Å². The van der Waals surface area contributed by atoms with Crippen molar-refractivity contribution in [3.8, 4) is 0 Å². The maximum atomic E-state index is 11.9. The molecule has 2 amide bonds. The van der Waals surface area contributed by atoms with Gasteiger partial charge < -0.3 is 4.90 Å². The molecule has 0 spiro atoms. The van der Waals surface area contributed by atoms with Gasteiger partial charge in [-0.05, 0) is 14.1 Å². The molecule has 2 fully saturated rings. The lowest BCUT2D eigenvalue weighted by molar-refractivity contribution is -0.139. The van der Waals surface area contributed by atoms with E-state index in [4.69, 9.17) is 0 Å². The van der Waals surface area contributed by atoms with E-state index in [1.807, 2.05) is 19.0 Å². The molecule has 2 aliphatic rings. The maximum Gasteiger partial charge on any atom is 0.234 e. The zero-order valence-corrected chi connectivity index (χ0v) is 9.92. The van der Waals surface area contributed by atoms with Gasteiger partial charge in [-0.15, -0.1) is 0 Å². The van der Waals surface area contributed by atoms with Gasteiger partial charge in [-0.1, -0.05) is 0 Å². The van der Waals surface area contributed by atoms with Crippen molar-refractivity contribution in [3.05, 3.63) is 0 Å². The molecule has 0 unspecified atom stereocenters. The standard InChI is InChI=1S/C10H16N2O2S/c1-11(2)3-4-12-9(13)7-5-15-6-8(7)10(12)14/h7-8H,3-6H2,1-2H3/t7-,8+. The number of carbonyl (C=O) groups is 2. The summed E-state index contributed by atoms with van der Waals surface area (Å²) in [6, 6.07) is 0. The summed E-state index contributed by atoms with van der Waals surface area (Å²) in [5.74, 6) is 1.71. The van der Waals surface area contributed by atoms with Crippen LogP contribution in [0.1, 0.15) is 0 Å². The molecule has 2 saturated heterocycles. The van der Waals surface area contributed by atoms with Crippen molar-refractivity contribution in [2.45, 2.75) is 0 Å². The van der Waals surface area contributed by atoms with E-state index >= 15 is 0 Å². The van der Waals surface area contributed by atoms with Crippen molar-refractivity contribution in [1.82, 2.24) is 9.80 Å². The van der Waals surface area contributed by atoms with E-state index in [2.05, 4.69) is 0 Å². The maximum absolute atomic E-state index is 11.9. The lowest BCUT2D eigenvalue weighted by Crippen LogP contribution is -2.37. The van der Waals surface area contributed by atoms with Crippen LogP contribution in [-0.4, -0.2) is 60.3 Å². The molecular formula is C10H16N2O2S. The van der Waals surface area contributed by atoms with Crippen LogP contribution in [0.5, 0.6) is 0 Å². The molecule has 0 aliphatic carbocycles. The van der Waals surface area contributed by atoms with Gasteiger partial charge in [-0.2, -0.15) is 11.8 Å². The Morgan fingerprint density at radius 3 is 2.27 bits per heavy atom. The fraction of sp³-hybridized carbons (Fsp3) is 0.800. The average molecular weight is 228 g/mol. The van der Waals surface area contributed by atoms with Gasteiger partial charge in [0.2, 0.25) is 11.8 Å². The summed E-state index contributed by atoms with van der Waals surface area (Å²) < 4.78 is 0. The first-order chi connectivity index (χ1) is 7.11. The van der Waals surface area contributed by atoms with E-state index in [9.17, 15) is 9.59 Å². The quantitative estimate of drug-likeness (QED) is 0.632. The molecule has 0 N–H and O–H groups in total. The fourth-order valence-electron chi connectivity index (χ4n) is 2.07. The first-order valence-corrected chi connectivity index (χ1v) is 6.34. The molecule has 4 nitrogen and oxygen atoms in total. The van der Waals surface area contributed by atoms with Crippen LogP contribution in [0, 0.1) is 11.8 Å². The Bertz CT molecular complexity index is 271. The van der Waals surface area contributed by atoms with Gasteiger partial charge in [-0.25, -0.2) is 0 Å². The van der Waals surface area contributed by atoms with Crippen LogP contribution < -0.4 is 0 Å². The zero-order valence-electron chi connectivity index (χ0n) is 9.10. The first kappa shape index (κ1) is 11.0. The lowest BCUT2D eigenvalue weighted by Gasteiger charge is -2.18. The second-order valence-corrected chi connectivity index (χ2v) is 5.46. The SMILES string of the molecule is CN(C)CCN1C(=O)[C@H]2CSC[C@H]2C1=O. The third kappa shape index (κ3) is 1.90. The van der Waals surface area contributed by atoms with E-state index in [1.165, 1.54) is 4.90 Å². The molecule has 2 heterocycles. The van der Waals surface area contributed by atoms with Crippen LogP contribution in [-0.2, 0) is 9.59 Å². The molecule has 0 saturated carbocycles. The summed E-state index contributed by atoms with van der Waals surface area (Å²) in [6.45, 7) is 1.30. The predicted octanol–water partition coefficient (Wildman–Crippen LogP) is -0.104. The first-order valence-electron chi connectivity index (χ1n) is 5.19. The fourth-order valence-corrected chi connectivity index (χ4v) is 3.46. The molecule has 0 aromatic carbocycles. The highest BCUT2D eigenvalue weighted by Gasteiger charge is 2.49. The van der Waals surface area contributed by atoms with E-state index in [0.717, 1.165) is 18.1 Å². The number of imide groups is 1. The normalized spacial score (nSPS) is 30.5. The third-order valence-electron chi connectivity index (χ3n) is 3.02. The molecule has 2 rings (SSSR count). The van der Waals surface area contributed by atoms with Crippen LogP contribution in [0.15, 0.2) is 0 Å². The smallest absolute Gasteiger partial charge is 0.234 e. The summed E-state index contributed by atoms with van der Waals surface area (Å²) >= 11 is 1.72. The van der Waals surface area contributed by atoms with Crippen molar-refractivity contribution >= 4 is 23.6 Å². The molecular weight excluding hydrogens is 212 g/mol. The Labute approximate surface area is 94.0 Å². The van der Waals surface area contributed by atoms with E-state index < -0.39 is 0 Å². The summed E-state index contributed by atoms with van der Waals surface area (Å²) in [6.07, 6.45) is 0. The number of amides is 2. The van der Waals surface area contributed by atoms with Crippen molar-refractivity contribution in [3.63, 3.8) is 0 Å². The molecule has 2 atom stereocenters. The highest BCUT2D eigenvalue weighted by atomic mass is 32.2. The largest absolute Gasteiger partial charge is 0.308 e. The Hall–Kier alpha value is -0.550. The third-order valence-corrected chi connectivity index (χ3v) is 4.21. The molecule has 2 aliphatic heterocycles. The van der Waals surface area contributed by atoms with Crippen LogP contribution in [0.2, 0.25) is 0 Å². The van der Waals surface area contributed by atoms with Gasteiger partial charge in [0.25, 0.3) is 0 Å². The van der Waals surface area contributed by atoms with Crippen LogP contribution in [0.4, 0.5) is 0 Å². The van der Waals surface area contributed by atoms with Crippen molar-refractivity contribution in [1.29, 1.82) is 0 Å². The Morgan fingerprint density at radius 1 is 1.27 bits per heavy atom. The molecule has 0 aromatic rings. The van der Waals surface area contributed by atoms with Crippen molar-refractivity contribution < 1.29 is 9.59 Å². The number of likely N-dealkylation sites (N-methyl/N-ethyl adjacent to an activating group) is 1. The van der Waals surface area contributed by atoms with Gasteiger partial charge >= 0.3 is 0 Å². The van der Waals surface area contributed by atoms with Gasteiger partial charge in [0.05, 0.1) is 11.8 Å². The minimum absolute atomic E-state index is 0.0235. The number of rotatable bonds is 3. The average Bonchev–Trinajstić information content (AvgIpc) is 2.71. The van der Waals surface area contributed by atoms with Gasteiger partial charge in [0, 0.05) is 24.6 Å². The second-order valence-electron chi connectivity index (χ2n) is 4.38. The molecule has 5 heteroatoms. The zero-order chi connectivity index (χ0) is 11.0. The summed E-state index contributed by atoms with van der Waals surface area (Å²) in [5.41, 5.74) is 0. The molecule has 0 aromatic heterocycles. The lowest BCUT2D eigenvalue weighted by atomic mass is 10.00. The van der Waals surface area contributed by atoms with Gasteiger partial charge in [-0.3, -0.25) is 14.5 Å². The van der Waals surface area contributed by atoms with E-state index in [1.54, 1.807) is 11.8 Å². The van der Waals surface area contributed by atoms with Gasteiger partial charge in [0.1, 0.15) is 0 Å². The number of thioether (sulfide) groups is 1. The predicted molar refractivity (Wildman–Crippen MR) is 59.6 cm³/mol. The highest BCUT2D eigenvalue weighted by Crippen LogP contribution is 2.37. The number of fused-ring (bicyclic) bond motifs is 1. The van der Waals surface area contributed by atoms with Gasteiger partial charge in [0.15, 0.2) is 0 Å². The van der Waals surface area contributed by atoms with Crippen molar-refractivity contribution in [2.75, 3.05) is 38.7 Å². The summed E-state index contributed by atoms with van der Waals surface area (Å²) in [7, 11) is 3.89. The van der Waals surface area contributed by atoms with E-state index in [-0.39, 0.29) is 23.7 Å². The number of likely N-dealkylation sites (tertiary alicyclic amines) is 1. The molecule has 0 bridgehead atoms. The number of hydrogen-bond acceptors (Lipinski definition) is 4. The Morgan fingerprint density at radius 2 is 1.80 bits per heavy atom. The minimum atomic E-state index is -0.0235. The van der Waals surface area contributed by atoms with Crippen LogP contribution >= 0.6 is 11.8 Å². The van der Waals surface area contributed by atoms with E-state index in [0.29, 0.717) is 6.54 Å². The molecule has 84 valence electrons. The summed E-state index contributed by atoms with van der Waals surface area (Å²) in [5, 5.41) is 0. The van der Waals surface area contributed by atoms with Crippen molar-refractivity contribution in [2.24, 2.45) is 11.8 Å². The van der Waals surface area contributed by atoms with Crippen LogP contribution in [0.3, 0.4) is 0 Å². The minimum Gasteiger partial charge on any atom is -0.308 e. The number of hydrogen-bond donors (Lipinski definition) is 0. The molecule has 0 radical (unpaired) electrons. The molecule has 15 heavy (non-hydrogen) atoms. The number of carbonyl (C=O) groups excluding carboxylic acids is 2.